The first-order chi connectivity index (χ1) is 23.3. The summed E-state index contributed by atoms with van der Waals surface area (Å²) < 4.78 is 56.9. The molecule has 14 heteroatoms. The number of benzene rings is 2. The molecule has 2 aromatic heterocycles. The van der Waals surface area contributed by atoms with Crippen molar-refractivity contribution in [2.75, 3.05) is 31.1 Å². The molecular weight excluding hydrogens is 641 g/mol. The molecule has 0 amide bonds. The van der Waals surface area contributed by atoms with Crippen LogP contribution in [0.25, 0.3) is 16.8 Å². The van der Waals surface area contributed by atoms with E-state index in [4.69, 9.17) is 9.47 Å². The van der Waals surface area contributed by atoms with Gasteiger partial charge in [0.2, 0.25) is 12.0 Å². The highest BCUT2D eigenvalue weighted by Gasteiger charge is 2.46. The minimum Gasteiger partial charge on any atom is -0.480 e. The van der Waals surface area contributed by atoms with Gasteiger partial charge in [-0.2, -0.15) is 23.3 Å². The van der Waals surface area contributed by atoms with Crippen molar-refractivity contribution in [1.29, 1.82) is 0 Å². The standard InChI is InChI=1S/C35H37F3N6O5/c1-4-48-33(47)24-7-5-23(6-8-24)25-9-10-26(28(17-25)44-14-11-21(2)42-44)31(35(36,37)38)49-30-18-29(40-22(3)41-30)43-15-12-34(13-16-43)19-27(32(45)46)39-20-34/h5-11,14,17-18,27,31,39H,4,12-13,15-16,19-20H2,1-3H3,(H,45,46). The van der Waals surface area contributed by atoms with Crippen LogP contribution in [0.3, 0.4) is 0 Å². The second-order valence-corrected chi connectivity index (χ2v) is 12.6. The first kappa shape index (κ1) is 33.9. The molecular formula is C35H37F3N6O5. The molecule has 2 aliphatic rings. The second-order valence-electron chi connectivity index (χ2n) is 12.6. The SMILES string of the molecule is CCOC(=O)c1ccc(-c2ccc(C(Oc3cc(N4CCC5(CC4)CNC(C(=O)O)C5)nc(C)n3)C(F)(F)F)c(-n3ccc(C)n3)c2)cc1. The molecule has 1 spiro atoms. The molecule has 258 valence electrons. The number of carbonyl (C=O) groups excluding carboxylic acids is 1. The smallest absolute Gasteiger partial charge is 0.429 e. The summed E-state index contributed by atoms with van der Waals surface area (Å²) in [5.74, 6) is -0.846. The van der Waals surface area contributed by atoms with Gasteiger partial charge in [-0.1, -0.05) is 24.3 Å². The molecule has 0 saturated carbocycles. The third-order valence-electron chi connectivity index (χ3n) is 9.16. The van der Waals surface area contributed by atoms with Crippen LogP contribution in [0.5, 0.6) is 5.88 Å². The highest BCUT2D eigenvalue weighted by molar-refractivity contribution is 5.90. The molecule has 2 atom stereocenters. The van der Waals surface area contributed by atoms with E-state index in [1.54, 1.807) is 69.4 Å². The fraction of sp³-hybridized carbons (Fsp3) is 0.400. The molecule has 11 nitrogen and oxygen atoms in total. The fourth-order valence-electron chi connectivity index (χ4n) is 6.56. The summed E-state index contributed by atoms with van der Waals surface area (Å²) in [6.45, 7) is 7.04. The van der Waals surface area contributed by atoms with Crippen molar-refractivity contribution in [3.8, 4) is 22.7 Å². The van der Waals surface area contributed by atoms with Crippen LogP contribution in [-0.2, 0) is 9.53 Å². The lowest BCUT2D eigenvalue weighted by Crippen LogP contribution is -2.41. The van der Waals surface area contributed by atoms with Crippen LogP contribution in [0.4, 0.5) is 19.0 Å². The molecule has 2 N–H and O–H groups in total. The highest BCUT2D eigenvalue weighted by Crippen LogP contribution is 2.42. The maximum absolute atomic E-state index is 14.9. The molecule has 0 radical (unpaired) electrons. The number of carboxylic acid groups (broad SMARTS) is 1. The number of alkyl halides is 3. The number of carbonyl (C=O) groups is 2. The number of aromatic nitrogens is 4. The number of hydrogen-bond donors (Lipinski definition) is 2. The van der Waals surface area contributed by atoms with Gasteiger partial charge >= 0.3 is 18.1 Å². The number of aryl methyl sites for hydroxylation is 2. The average Bonchev–Trinajstić information content (AvgIpc) is 3.70. The molecule has 2 unspecified atom stereocenters. The molecule has 0 bridgehead atoms. The van der Waals surface area contributed by atoms with Crippen LogP contribution in [-0.4, -0.2) is 75.3 Å². The van der Waals surface area contributed by atoms with E-state index in [1.165, 1.54) is 16.8 Å². The number of carboxylic acids is 1. The van der Waals surface area contributed by atoms with Crippen molar-refractivity contribution in [1.82, 2.24) is 25.1 Å². The summed E-state index contributed by atoms with van der Waals surface area (Å²) in [6, 6.07) is 13.7. The van der Waals surface area contributed by atoms with Gasteiger partial charge in [0, 0.05) is 37.5 Å². The minimum atomic E-state index is -4.83. The zero-order chi connectivity index (χ0) is 34.9. The Bertz CT molecular complexity index is 1840. The first-order valence-corrected chi connectivity index (χ1v) is 16.1. The van der Waals surface area contributed by atoms with E-state index in [1.807, 2.05) is 4.90 Å². The zero-order valence-electron chi connectivity index (χ0n) is 27.3. The number of anilines is 1. The van der Waals surface area contributed by atoms with E-state index in [9.17, 15) is 27.9 Å². The topological polar surface area (TPSA) is 132 Å². The minimum absolute atomic E-state index is 0.140. The summed E-state index contributed by atoms with van der Waals surface area (Å²) in [5.41, 5.74) is 2.13. The van der Waals surface area contributed by atoms with E-state index in [-0.39, 0.29) is 35.0 Å². The van der Waals surface area contributed by atoms with Crippen molar-refractivity contribution in [2.45, 2.75) is 58.4 Å². The number of esters is 1. The molecule has 0 aliphatic carbocycles. The Morgan fingerprint density at radius 2 is 1.76 bits per heavy atom. The van der Waals surface area contributed by atoms with Gasteiger partial charge in [-0.15, -0.1) is 0 Å². The normalized spacial score (nSPS) is 18.0. The maximum atomic E-state index is 14.9. The van der Waals surface area contributed by atoms with Crippen LogP contribution in [0.1, 0.15) is 59.7 Å². The van der Waals surface area contributed by atoms with Crippen LogP contribution in [0.2, 0.25) is 0 Å². The molecule has 49 heavy (non-hydrogen) atoms. The van der Waals surface area contributed by atoms with Gasteiger partial charge in [-0.3, -0.25) is 4.79 Å². The largest absolute Gasteiger partial charge is 0.480 e. The predicted molar refractivity (Wildman–Crippen MR) is 174 cm³/mol. The van der Waals surface area contributed by atoms with Crippen LogP contribution in [0.15, 0.2) is 60.8 Å². The Balaban J connectivity index is 1.29. The van der Waals surface area contributed by atoms with Gasteiger partial charge in [-0.05, 0) is 80.8 Å². The van der Waals surface area contributed by atoms with Crippen molar-refractivity contribution < 1.29 is 37.3 Å². The number of rotatable bonds is 9. The van der Waals surface area contributed by atoms with E-state index in [0.29, 0.717) is 54.3 Å². The van der Waals surface area contributed by atoms with Gasteiger partial charge < -0.3 is 24.8 Å². The number of piperidine rings is 1. The Kier molecular flexibility index (Phi) is 9.34. The van der Waals surface area contributed by atoms with Gasteiger partial charge in [0.15, 0.2) is 0 Å². The number of aliphatic carboxylic acids is 1. The zero-order valence-corrected chi connectivity index (χ0v) is 27.3. The molecule has 6 rings (SSSR count). The summed E-state index contributed by atoms with van der Waals surface area (Å²) in [7, 11) is 0. The summed E-state index contributed by atoms with van der Waals surface area (Å²) in [5, 5.41) is 16.9. The maximum Gasteiger partial charge on any atom is 0.429 e. The number of halogens is 3. The third kappa shape index (κ3) is 7.38. The molecule has 2 saturated heterocycles. The van der Waals surface area contributed by atoms with Gasteiger partial charge in [0.25, 0.3) is 0 Å². The van der Waals surface area contributed by atoms with Gasteiger partial charge in [-0.25, -0.2) is 14.5 Å². The second kappa shape index (κ2) is 13.5. The van der Waals surface area contributed by atoms with E-state index >= 15 is 0 Å². The van der Waals surface area contributed by atoms with Gasteiger partial charge in [0.1, 0.15) is 17.7 Å². The fourth-order valence-corrected chi connectivity index (χ4v) is 6.56. The third-order valence-corrected chi connectivity index (χ3v) is 9.16. The predicted octanol–water partition coefficient (Wildman–Crippen LogP) is 5.84. The van der Waals surface area contributed by atoms with Crippen molar-refractivity contribution in [3.05, 3.63) is 83.4 Å². The number of nitrogens with one attached hydrogen (secondary N) is 1. The monoisotopic (exact) mass is 678 g/mol. The van der Waals surface area contributed by atoms with Crippen molar-refractivity contribution >= 4 is 17.8 Å². The van der Waals surface area contributed by atoms with Crippen molar-refractivity contribution in [2.24, 2.45) is 5.41 Å². The lowest BCUT2D eigenvalue weighted by molar-refractivity contribution is -0.198. The van der Waals surface area contributed by atoms with Gasteiger partial charge in [0.05, 0.1) is 23.6 Å². The molecule has 4 aromatic rings. The average molecular weight is 679 g/mol. The Hall–Kier alpha value is -4.98. The quantitative estimate of drug-likeness (QED) is 0.208. The molecule has 2 fully saturated rings. The summed E-state index contributed by atoms with van der Waals surface area (Å²) in [6.07, 6.45) is -3.65. The Morgan fingerprint density at radius 1 is 1.04 bits per heavy atom. The number of ether oxygens (including phenoxy) is 2. The van der Waals surface area contributed by atoms with Crippen LogP contribution in [0, 0.1) is 19.3 Å². The molecule has 2 aliphatic heterocycles. The molecule has 2 aromatic carbocycles. The first-order valence-electron chi connectivity index (χ1n) is 16.1. The van der Waals surface area contributed by atoms with E-state index < -0.39 is 30.3 Å². The molecule has 4 heterocycles. The lowest BCUT2D eigenvalue weighted by Gasteiger charge is -2.39. The highest BCUT2D eigenvalue weighted by atomic mass is 19.4. The Labute approximate surface area is 281 Å². The Morgan fingerprint density at radius 3 is 2.37 bits per heavy atom. The summed E-state index contributed by atoms with van der Waals surface area (Å²) >= 11 is 0. The lowest BCUT2D eigenvalue weighted by atomic mass is 9.76. The van der Waals surface area contributed by atoms with E-state index in [2.05, 4.69) is 20.4 Å². The van der Waals surface area contributed by atoms with Crippen molar-refractivity contribution in [3.63, 3.8) is 0 Å². The number of hydrogen-bond acceptors (Lipinski definition) is 9. The summed E-state index contributed by atoms with van der Waals surface area (Å²) in [4.78, 5) is 34.3. The van der Waals surface area contributed by atoms with Crippen LogP contribution < -0.4 is 15.0 Å². The van der Waals surface area contributed by atoms with E-state index in [0.717, 1.165) is 12.8 Å². The van der Waals surface area contributed by atoms with Crippen LogP contribution >= 0.6 is 0 Å². The number of nitrogens with zero attached hydrogens (tertiary/aromatic N) is 5.